The Morgan fingerprint density at radius 2 is 0.842 bits per heavy atom. The molecule has 1 N–H and O–H groups in total. The van der Waals surface area contributed by atoms with Gasteiger partial charge in [-0.05, 0) is 140 Å². The van der Waals surface area contributed by atoms with E-state index in [1.807, 2.05) is 0 Å². The normalized spacial score (nSPS) is 10.5. The molecule has 0 saturated carbocycles. The van der Waals surface area contributed by atoms with Gasteiger partial charge in [-0.2, -0.15) is 0 Å². The molecular weight excluding hydrogens is 732 g/mol. The first-order valence-electron chi connectivity index (χ1n) is 17.5. The highest BCUT2D eigenvalue weighted by molar-refractivity contribution is 5.94. The molecule has 0 spiro atoms. The summed E-state index contributed by atoms with van der Waals surface area (Å²) in [6.45, 7) is 2.53. The maximum absolute atomic E-state index is 12.9. The van der Waals surface area contributed by atoms with Crippen LogP contribution in [0.2, 0.25) is 0 Å². The van der Waals surface area contributed by atoms with E-state index in [2.05, 4.69) is 0 Å². The molecule has 12 nitrogen and oxygen atoms in total. The quantitative estimate of drug-likeness (QED) is 0.0462. The van der Waals surface area contributed by atoms with E-state index >= 15 is 0 Å². The number of carbonyl (C=O) groups is 5. The summed E-state index contributed by atoms with van der Waals surface area (Å²) in [5, 5.41) is 9.34. The van der Waals surface area contributed by atoms with E-state index in [9.17, 15) is 29.1 Å². The number of hydrogen-bond donors (Lipinski definition) is 1. The van der Waals surface area contributed by atoms with Crippen molar-refractivity contribution >= 4 is 30.2 Å². The Kier molecular flexibility index (Phi) is 12.7. The summed E-state index contributed by atoms with van der Waals surface area (Å²) in [6, 6.07) is 35.2. The summed E-state index contributed by atoms with van der Waals surface area (Å²) in [6.07, 6.45) is 1.30. The van der Waals surface area contributed by atoms with Gasteiger partial charge in [-0.3, -0.25) is 4.79 Å². The van der Waals surface area contributed by atoms with Crippen LogP contribution in [0.5, 0.6) is 40.2 Å². The van der Waals surface area contributed by atoms with Gasteiger partial charge in [0.25, 0.3) is 0 Å². The summed E-state index contributed by atoms with van der Waals surface area (Å²) in [4.78, 5) is 61.6. The molecule has 6 aromatic carbocycles. The summed E-state index contributed by atoms with van der Waals surface area (Å²) in [7, 11) is 0. The van der Waals surface area contributed by atoms with Gasteiger partial charge in [0.1, 0.15) is 46.5 Å². The van der Waals surface area contributed by atoms with Crippen LogP contribution in [0, 0.1) is 6.92 Å². The molecule has 6 aromatic rings. The minimum absolute atomic E-state index is 0.170. The van der Waals surface area contributed by atoms with Crippen molar-refractivity contribution < 1.29 is 57.5 Å². The van der Waals surface area contributed by atoms with Crippen LogP contribution in [-0.2, 0) is 0 Å². The van der Waals surface area contributed by atoms with Crippen LogP contribution in [0.3, 0.4) is 0 Å². The molecule has 0 heterocycles. The first kappa shape index (κ1) is 39.0. The summed E-state index contributed by atoms with van der Waals surface area (Å²) in [5.41, 5.74) is 1.95. The van der Waals surface area contributed by atoms with Crippen molar-refractivity contribution in [3.8, 4) is 40.2 Å². The largest absolute Gasteiger partial charge is 0.508 e. The Hall–Kier alpha value is -7.73. The fourth-order valence-corrected chi connectivity index (χ4v) is 5.14. The number of esters is 4. The molecule has 0 saturated heterocycles. The second-order valence-electron chi connectivity index (χ2n) is 12.3. The third-order valence-electron chi connectivity index (χ3n) is 8.20. The van der Waals surface area contributed by atoms with E-state index in [1.54, 1.807) is 61.5 Å². The topological polar surface area (TPSA) is 161 Å². The molecule has 0 bridgehead atoms. The Balaban J connectivity index is 0.936. The number of phenolic OH excluding ortho intramolecular Hbond substituents is 1. The highest BCUT2D eigenvalue weighted by Crippen LogP contribution is 2.26. The van der Waals surface area contributed by atoms with Gasteiger partial charge >= 0.3 is 23.9 Å². The van der Waals surface area contributed by atoms with Crippen LogP contribution in [0.25, 0.3) is 0 Å². The lowest BCUT2D eigenvalue weighted by Crippen LogP contribution is -2.11. The van der Waals surface area contributed by atoms with Crippen LogP contribution >= 0.6 is 0 Å². The number of benzene rings is 6. The average molecular weight is 767 g/mol. The van der Waals surface area contributed by atoms with Crippen molar-refractivity contribution in [1.82, 2.24) is 0 Å². The minimum atomic E-state index is -0.658. The van der Waals surface area contributed by atoms with Crippen molar-refractivity contribution in [2.75, 3.05) is 13.2 Å². The minimum Gasteiger partial charge on any atom is -0.508 e. The van der Waals surface area contributed by atoms with Crippen molar-refractivity contribution in [3.05, 3.63) is 173 Å². The summed E-state index contributed by atoms with van der Waals surface area (Å²) >= 11 is 0. The van der Waals surface area contributed by atoms with Crippen molar-refractivity contribution in [1.29, 1.82) is 0 Å². The fourth-order valence-electron chi connectivity index (χ4n) is 5.14. The van der Waals surface area contributed by atoms with Gasteiger partial charge in [0.05, 0.1) is 35.5 Å². The first-order valence-corrected chi connectivity index (χ1v) is 17.5. The molecule has 0 amide bonds. The molecule has 0 unspecified atom stereocenters. The Morgan fingerprint density at radius 3 is 1.28 bits per heavy atom. The lowest BCUT2D eigenvalue weighted by atomic mass is 10.1. The monoisotopic (exact) mass is 766 g/mol. The third kappa shape index (κ3) is 10.9. The molecule has 0 aliphatic heterocycles. The summed E-state index contributed by atoms with van der Waals surface area (Å²) < 4.78 is 33.2. The lowest BCUT2D eigenvalue weighted by Gasteiger charge is -2.11. The Bertz CT molecular complexity index is 2350. The zero-order chi connectivity index (χ0) is 40.1. The molecule has 57 heavy (non-hydrogen) atoms. The highest BCUT2D eigenvalue weighted by atomic mass is 16.6. The number of aldehydes is 1. The van der Waals surface area contributed by atoms with E-state index in [0.717, 1.165) is 0 Å². The summed E-state index contributed by atoms with van der Waals surface area (Å²) in [5.74, 6) is -0.213. The van der Waals surface area contributed by atoms with E-state index in [1.165, 1.54) is 84.9 Å². The Morgan fingerprint density at radius 1 is 0.474 bits per heavy atom. The molecule has 0 radical (unpaired) electrons. The zero-order valence-electron chi connectivity index (χ0n) is 30.4. The fraction of sp³-hybridized carbons (Fsp3) is 0.0889. The predicted octanol–water partition coefficient (Wildman–Crippen LogP) is 8.24. The standard InChI is InChI=1S/C45H34O12/c1-29-27-40(56-44(50)33-9-17-38(18-10-33)54-42(48)31-5-3-30(28-46)4-6-31)23-24-41(29)57-45(51)34-11-19-39(20-12-34)55-43(49)32-7-15-36(16-8-32)52-25-2-26-53-37-21-13-35(47)14-22-37/h3-24,27-28,47H,2,25-26H2,1H3. The molecule has 6 rings (SSSR count). The van der Waals surface area contributed by atoms with Crippen molar-refractivity contribution in [2.24, 2.45) is 0 Å². The molecule has 286 valence electrons. The van der Waals surface area contributed by atoms with Gasteiger partial charge < -0.3 is 33.5 Å². The number of ether oxygens (including phenoxy) is 6. The SMILES string of the molecule is Cc1cc(OC(=O)c2ccc(OC(=O)c3ccc(C=O)cc3)cc2)ccc1OC(=O)c1ccc(OC(=O)c2ccc(OCCCOc3ccc(O)cc3)cc2)cc1. The molecule has 0 fully saturated rings. The number of aromatic hydroxyl groups is 1. The zero-order valence-corrected chi connectivity index (χ0v) is 30.4. The van der Waals surface area contributed by atoms with Gasteiger partial charge in [0.2, 0.25) is 0 Å². The lowest BCUT2D eigenvalue weighted by molar-refractivity contribution is 0.0715. The number of phenols is 1. The molecule has 0 aromatic heterocycles. The molecule has 0 atom stereocenters. The van der Waals surface area contributed by atoms with Gasteiger partial charge in [0, 0.05) is 12.0 Å². The van der Waals surface area contributed by atoms with Gasteiger partial charge in [-0.1, -0.05) is 12.1 Å². The van der Waals surface area contributed by atoms with Gasteiger partial charge in [-0.25, -0.2) is 19.2 Å². The first-order chi connectivity index (χ1) is 27.6. The third-order valence-corrected chi connectivity index (χ3v) is 8.20. The predicted molar refractivity (Wildman–Crippen MR) is 206 cm³/mol. The number of carbonyl (C=O) groups excluding carboxylic acids is 5. The van der Waals surface area contributed by atoms with E-state index in [-0.39, 0.29) is 45.4 Å². The number of rotatable bonds is 15. The highest BCUT2D eigenvalue weighted by Gasteiger charge is 2.16. The van der Waals surface area contributed by atoms with Gasteiger partial charge in [-0.15, -0.1) is 0 Å². The van der Waals surface area contributed by atoms with E-state index in [4.69, 9.17) is 28.4 Å². The number of hydrogen-bond acceptors (Lipinski definition) is 12. The molecular formula is C45H34O12. The molecule has 0 aliphatic carbocycles. The second kappa shape index (κ2) is 18.5. The van der Waals surface area contributed by atoms with E-state index in [0.29, 0.717) is 54.1 Å². The van der Waals surface area contributed by atoms with Crippen LogP contribution in [0.1, 0.15) is 63.8 Å². The van der Waals surface area contributed by atoms with Crippen LogP contribution < -0.4 is 28.4 Å². The maximum Gasteiger partial charge on any atom is 0.343 e. The van der Waals surface area contributed by atoms with Crippen molar-refractivity contribution in [3.63, 3.8) is 0 Å². The van der Waals surface area contributed by atoms with Crippen LogP contribution in [-0.4, -0.2) is 48.5 Å². The van der Waals surface area contributed by atoms with Gasteiger partial charge in [0.15, 0.2) is 0 Å². The van der Waals surface area contributed by atoms with Crippen LogP contribution in [0.15, 0.2) is 140 Å². The number of aryl methyl sites for hydroxylation is 1. The maximum atomic E-state index is 12.9. The smallest absolute Gasteiger partial charge is 0.343 e. The van der Waals surface area contributed by atoms with Crippen LogP contribution in [0.4, 0.5) is 0 Å². The van der Waals surface area contributed by atoms with E-state index < -0.39 is 23.9 Å². The second-order valence-corrected chi connectivity index (χ2v) is 12.3. The molecule has 0 aliphatic rings. The molecule has 12 heteroatoms. The average Bonchev–Trinajstić information content (AvgIpc) is 3.23. The van der Waals surface area contributed by atoms with Crippen molar-refractivity contribution in [2.45, 2.75) is 13.3 Å². The Labute approximate surface area is 326 Å².